The van der Waals surface area contributed by atoms with Gasteiger partial charge >= 0.3 is 0 Å². The van der Waals surface area contributed by atoms with E-state index in [1.807, 2.05) is 0 Å². The van der Waals surface area contributed by atoms with Crippen LogP contribution < -0.4 is 10.5 Å². The summed E-state index contributed by atoms with van der Waals surface area (Å²) in [5, 5.41) is 8.28. The second-order valence-corrected chi connectivity index (χ2v) is 3.31. The molecule has 0 aliphatic carbocycles. The molecule has 0 aliphatic rings. The lowest BCUT2D eigenvalue weighted by Crippen LogP contribution is -2.06. The Morgan fingerprint density at radius 1 is 1.53 bits per heavy atom. The molecular formula is C8H10ClN5O. The first-order valence-electron chi connectivity index (χ1n) is 4.40. The van der Waals surface area contributed by atoms with Crippen molar-refractivity contribution in [3.63, 3.8) is 0 Å². The fourth-order valence-electron chi connectivity index (χ4n) is 1.32. The molecular weight excluding hydrogens is 218 g/mol. The smallest absolute Gasteiger partial charge is 0.261 e. The van der Waals surface area contributed by atoms with E-state index in [2.05, 4.69) is 15.2 Å². The Labute approximate surface area is 91.0 Å². The third-order valence-corrected chi connectivity index (χ3v) is 2.15. The minimum atomic E-state index is 0.331. The quantitative estimate of drug-likeness (QED) is 0.815. The maximum absolute atomic E-state index is 5.83. The number of nitrogens with two attached hydrogens (primary N) is 1. The van der Waals surface area contributed by atoms with Gasteiger partial charge in [0.15, 0.2) is 0 Å². The number of rotatable bonds is 3. The number of methoxy groups -OCH3 is 1. The van der Waals surface area contributed by atoms with Gasteiger partial charge in [-0.05, 0) is 6.54 Å². The highest BCUT2D eigenvalue weighted by molar-refractivity contribution is 6.29. The summed E-state index contributed by atoms with van der Waals surface area (Å²) in [6, 6.07) is 0. The molecule has 2 N–H and O–H groups in total. The zero-order valence-electron chi connectivity index (χ0n) is 8.14. The Morgan fingerprint density at radius 3 is 3.00 bits per heavy atom. The molecule has 0 saturated heterocycles. The minimum absolute atomic E-state index is 0.331. The Hall–Kier alpha value is -1.40. The molecule has 0 unspecified atom stereocenters. The van der Waals surface area contributed by atoms with E-state index in [0.717, 1.165) is 5.82 Å². The van der Waals surface area contributed by atoms with Crippen molar-refractivity contribution in [2.45, 2.75) is 6.42 Å². The van der Waals surface area contributed by atoms with Gasteiger partial charge in [0.2, 0.25) is 5.65 Å². The molecule has 0 saturated carbocycles. The highest BCUT2D eigenvalue weighted by Gasteiger charge is 2.11. The molecule has 2 aromatic heterocycles. The van der Waals surface area contributed by atoms with Crippen LogP contribution in [0.15, 0.2) is 6.20 Å². The Balaban J connectivity index is 2.64. The molecule has 6 nitrogen and oxygen atoms in total. The lowest BCUT2D eigenvalue weighted by Gasteiger charge is -2.02. The Morgan fingerprint density at radius 2 is 2.33 bits per heavy atom. The lowest BCUT2D eigenvalue weighted by atomic mass is 10.4. The van der Waals surface area contributed by atoms with Crippen LogP contribution in [0.4, 0.5) is 0 Å². The molecule has 0 bridgehead atoms. The number of hydrogen-bond acceptors (Lipinski definition) is 5. The van der Waals surface area contributed by atoms with Gasteiger partial charge in [-0.2, -0.15) is 4.98 Å². The van der Waals surface area contributed by atoms with Crippen molar-refractivity contribution in [3.8, 4) is 5.88 Å². The zero-order chi connectivity index (χ0) is 10.8. The van der Waals surface area contributed by atoms with E-state index in [1.165, 1.54) is 7.11 Å². The van der Waals surface area contributed by atoms with Gasteiger partial charge in [0.1, 0.15) is 11.0 Å². The molecule has 15 heavy (non-hydrogen) atoms. The predicted octanol–water partition coefficient (Wildman–Crippen LogP) is 0.287. The molecule has 0 spiro atoms. The number of halogens is 1. The maximum atomic E-state index is 5.83. The maximum Gasteiger partial charge on any atom is 0.261 e. The highest BCUT2D eigenvalue weighted by atomic mass is 35.5. The molecule has 0 radical (unpaired) electrons. The summed E-state index contributed by atoms with van der Waals surface area (Å²) in [7, 11) is 1.51. The van der Waals surface area contributed by atoms with Crippen molar-refractivity contribution < 1.29 is 4.74 Å². The molecule has 0 atom stereocenters. The minimum Gasteiger partial charge on any atom is -0.478 e. The normalized spacial score (nSPS) is 10.9. The first-order valence-corrected chi connectivity index (χ1v) is 4.78. The second kappa shape index (κ2) is 4.00. The van der Waals surface area contributed by atoms with Crippen LogP contribution >= 0.6 is 11.6 Å². The van der Waals surface area contributed by atoms with Crippen molar-refractivity contribution >= 4 is 17.2 Å². The van der Waals surface area contributed by atoms with E-state index in [-0.39, 0.29) is 0 Å². The number of hydrogen-bond donors (Lipinski definition) is 1. The van der Waals surface area contributed by atoms with Gasteiger partial charge in [-0.1, -0.05) is 11.6 Å². The van der Waals surface area contributed by atoms with Gasteiger partial charge in [-0.25, -0.2) is 0 Å². The van der Waals surface area contributed by atoms with Crippen LogP contribution in [0, 0.1) is 0 Å². The van der Waals surface area contributed by atoms with E-state index in [4.69, 9.17) is 22.1 Å². The van der Waals surface area contributed by atoms with Gasteiger partial charge in [0.25, 0.3) is 5.88 Å². The van der Waals surface area contributed by atoms with Crippen LogP contribution in [0.3, 0.4) is 0 Å². The molecule has 0 fully saturated rings. The average Bonchev–Trinajstić information content (AvgIpc) is 2.61. The van der Waals surface area contributed by atoms with Gasteiger partial charge in [0, 0.05) is 12.6 Å². The number of aromatic nitrogens is 4. The van der Waals surface area contributed by atoms with Crippen LogP contribution in [0.1, 0.15) is 5.82 Å². The van der Waals surface area contributed by atoms with Crippen molar-refractivity contribution in [2.24, 2.45) is 5.73 Å². The summed E-state index contributed by atoms with van der Waals surface area (Å²) in [6.07, 6.45) is 2.27. The van der Waals surface area contributed by atoms with Crippen molar-refractivity contribution in [1.82, 2.24) is 19.6 Å². The lowest BCUT2D eigenvalue weighted by molar-refractivity contribution is 0.400. The van der Waals surface area contributed by atoms with E-state index >= 15 is 0 Å². The molecule has 0 amide bonds. The van der Waals surface area contributed by atoms with E-state index < -0.39 is 0 Å². The first kappa shape index (κ1) is 10.1. The molecule has 2 rings (SSSR count). The Kier molecular flexibility index (Phi) is 2.70. The molecule has 2 aromatic rings. The molecule has 7 heteroatoms. The topological polar surface area (TPSA) is 78.3 Å². The van der Waals surface area contributed by atoms with Crippen LogP contribution in [-0.2, 0) is 6.42 Å². The highest BCUT2D eigenvalue weighted by Crippen LogP contribution is 2.18. The summed E-state index contributed by atoms with van der Waals surface area (Å²) in [5.74, 6) is 1.10. The summed E-state index contributed by atoms with van der Waals surface area (Å²) >= 11 is 5.83. The summed E-state index contributed by atoms with van der Waals surface area (Å²) in [6.45, 7) is 0.503. The number of ether oxygens (including phenoxy) is 1. The fourth-order valence-corrected chi connectivity index (χ4v) is 1.50. The standard InChI is InChI=1S/C8H10ClN5O/c1-15-8-7-13-12-6(2-3-10)14(7)4-5(9)11-8/h4H,2-3,10H2,1H3. The van der Waals surface area contributed by atoms with E-state index in [1.54, 1.807) is 10.6 Å². The van der Waals surface area contributed by atoms with E-state index in [0.29, 0.717) is 29.6 Å². The van der Waals surface area contributed by atoms with Crippen LogP contribution in [0.25, 0.3) is 5.65 Å². The second-order valence-electron chi connectivity index (χ2n) is 2.92. The van der Waals surface area contributed by atoms with Crippen LogP contribution in [0.2, 0.25) is 5.15 Å². The summed E-state index contributed by atoms with van der Waals surface area (Å²) in [4.78, 5) is 3.98. The van der Waals surface area contributed by atoms with Crippen molar-refractivity contribution in [2.75, 3.05) is 13.7 Å². The van der Waals surface area contributed by atoms with Crippen LogP contribution in [-0.4, -0.2) is 33.2 Å². The first-order chi connectivity index (χ1) is 7.26. The van der Waals surface area contributed by atoms with E-state index in [9.17, 15) is 0 Å². The molecule has 80 valence electrons. The molecule has 0 aliphatic heterocycles. The van der Waals surface area contributed by atoms with Crippen LogP contribution in [0.5, 0.6) is 5.88 Å². The third kappa shape index (κ3) is 1.73. The van der Waals surface area contributed by atoms with Gasteiger partial charge in [0.05, 0.1) is 7.11 Å². The number of nitrogens with zero attached hydrogens (tertiary/aromatic N) is 4. The fraction of sp³-hybridized carbons (Fsp3) is 0.375. The third-order valence-electron chi connectivity index (χ3n) is 1.96. The van der Waals surface area contributed by atoms with Gasteiger partial charge in [-0.15, -0.1) is 10.2 Å². The SMILES string of the molecule is COc1nc(Cl)cn2c(CCN)nnc12. The van der Waals surface area contributed by atoms with Crippen molar-refractivity contribution in [1.29, 1.82) is 0 Å². The summed E-state index contributed by atoms with van der Waals surface area (Å²) in [5.41, 5.74) is 6.01. The predicted molar refractivity (Wildman–Crippen MR) is 55.1 cm³/mol. The van der Waals surface area contributed by atoms with Crippen molar-refractivity contribution in [3.05, 3.63) is 17.2 Å². The largest absolute Gasteiger partial charge is 0.478 e. The zero-order valence-corrected chi connectivity index (χ0v) is 8.90. The van der Waals surface area contributed by atoms with Gasteiger partial charge < -0.3 is 10.5 Å². The molecule has 0 aromatic carbocycles. The molecule has 2 heterocycles. The summed E-state index contributed by atoms with van der Waals surface area (Å²) < 4.78 is 6.79. The number of fused-ring (bicyclic) bond motifs is 1. The monoisotopic (exact) mass is 227 g/mol. The Bertz CT molecular complexity index is 483. The average molecular weight is 228 g/mol. The van der Waals surface area contributed by atoms with Gasteiger partial charge in [-0.3, -0.25) is 4.40 Å².